The summed E-state index contributed by atoms with van der Waals surface area (Å²) in [7, 11) is -1.82. The molecule has 1 aliphatic rings. The van der Waals surface area contributed by atoms with Gasteiger partial charge in [0.2, 0.25) is 10.0 Å². The molecule has 0 amide bonds. The van der Waals surface area contributed by atoms with Crippen LogP contribution in [0.2, 0.25) is 0 Å². The average molecular weight is 428 g/mol. The number of benzene rings is 2. The van der Waals surface area contributed by atoms with Gasteiger partial charge in [0, 0.05) is 31.1 Å². The normalized spacial score (nSPS) is 15.0. The van der Waals surface area contributed by atoms with Gasteiger partial charge in [0.05, 0.1) is 11.4 Å². The lowest BCUT2D eigenvalue weighted by Crippen LogP contribution is -2.26. The average Bonchev–Trinajstić information content (AvgIpc) is 2.60. The predicted molar refractivity (Wildman–Crippen MR) is 106 cm³/mol. The molecule has 2 aromatic rings. The third-order valence-electron chi connectivity index (χ3n) is 4.62. The summed E-state index contributed by atoms with van der Waals surface area (Å²) in [6.45, 7) is 1.76. The van der Waals surface area contributed by atoms with Crippen molar-refractivity contribution < 1.29 is 26.3 Å². The van der Waals surface area contributed by atoms with Crippen molar-refractivity contribution in [3.63, 3.8) is 0 Å². The molecule has 0 saturated heterocycles. The topological polar surface area (TPSA) is 58.6 Å². The third kappa shape index (κ3) is 6.37. The molecule has 9 heteroatoms. The van der Waals surface area contributed by atoms with Gasteiger partial charge in [-0.1, -0.05) is 18.2 Å². The van der Waals surface area contributed by atoms with E-state index in [9.17, 15) is 21.6 Å². The number of nitrogens with zero attached hydrogens (tertiary/aromatic N) is 1. The van der Waals surface area contributed by atoms with Crippen LogP contribution in [0, 0.1) is 0 Å². The molecule has 0 bridgehead atoms. The molecule has 0 fully saturated rings. The Balaban J connectivity index is 1.68. The van der Waals surface area contributed by atoms with Crippen LogP contribution in [0.5, 0.6) is 11.5 Å². The number of alkyl halides is 3. The van der Waals surface area contributed by atoms with Crippen LogP contribution < -0.4 is 9.46 Å². The number of sulfonamides is 1. The lowest BCUT2D eigenvalue weighted by molar-refractivity contribution is -0.134. The maximum Gasteiger partial charge on any atom is 0.389 e. The second kappa shape index (κ2) is 8.62. The highest BCUT2D eigenvalue weighted by Gasteiger charge is 2.27. The lowest BCUT2D eigenvalue weighted by Gasteiger charge is -2.26. The standard InChI is InChI=1S/C20H23F3N2O3S/c1-25-11-9-18-15(14-25)5-2-8-19(18)28-17-7-3-6-16(13-17)24-29(26,27)12-4-10-20(21,22)23/h2-3,5-8,13,24H,4,9-12,14H2,1H3. The number of likely N-dealkylation sites (N-methyl/N-ethyl adjacent to an activating group) is 1. The van der Waals surface area contributed by atoms with Crippen LogP contribution in [0.1, 0.15) is 24.0 Å². The molecular formula is C20H23F3N2O3S. The van der Waals surface area contributed by atoms with Crippen molar-refractivity contribution in [3.8, 4) is 11.5 Å². The summed E-state index contributed by atoms with van der Waals surface area (Å²) in [5.41, 5.74) is 2.57. The minimum atomic E-state index is -4.37. The van der Waals surface area contributed by atoms with E-state index in [1.54, 1.807) is 12.1 Å². The molecule has 3 rings (SSSR count). The van der Waals surface area contributed by atoms with Crippen LogP contribution in [-0.2, 0) is 23.0 Å². The van der Waals surface area contributed by atoms with E-state index >= 15 is 0 Å². The number of rotatable bonds is 7. The fraction of sp³-hybridized carbons (Fsp3) is 0.400. The largest absolute Gasteiger partial charge is 0.457 e. The fourth-order valence-electron chi connectivity index (χ4n) is 3.25. The van der Waals surface area contributed by atoms with Gasteiger partial charge in [-0.2, -0.15) is 13.2 Å². The van der Waals surface area contributed by atoms with Crippen molar-refractivity contribution >= 4 is 15.7 Å². The molecule has 0 saturated carbocycles. The molecule has 2 aromatic carbocycles. The highest BCUT2D eigenvalue weighted by Crippen LogP contribution is 2.32. The molecule has 0 atom stereocenters. The first-order chi connectivity index (χ1) is 13.6. The smallest absolute Gasteiger partial charge is 0.389 e. The van der Waals surface area contributed by atoms with Crippen molar-refractivity contribution in [1.29, 1.82) is 0 Å². The summed E-state index contributed by atoms with van der Waals surface area (Å²) in [6.07, 6.45) is -5.13. The van der Waals surface area contributed by atoms with Crippen LogP contribution in [0.3, 0.4) is 0 Å². The third-order valence-corrected chi connectivity index (χ3v) is 6.00. The van der Waals surface area contributed by atoms with Gasteiger partial charge in [0.1, 0.15) is 11.5 Å². The molecule has 1 aliphatic heterocycles. The van der Waals surface area contributed by atoms with Gasteiger partial charge in [-0.25, -0.2) is 8.42 Å². The monoisotopic (exact) mass is 428 g/mol. The Morgan fingerprint density at radius 2 is 1.93 bits per heavy atom. The molecule has 5 nitrogen and oxygen atoms in total. The molecule has 0 spiro atoms. The number of hydrogen-bond donors (Lipinski definition) is 1. The minimum absolute atomic E-state index is 0.249. The van der Waals surface area contributed by atoms with E-state index in [1.165, 1.54) is 17.7 Å². The van der Waals surface area contributed by atoms with E-state index in [0.717, 1.165) is 30.8 Å². The summed E-state index contributed by atoms with van der Waals surface area (Å²) in [5, 5.41) is 0. The molecule has 29 heavy (non-hydrogen) atoms. The number of nitrogens with one attached hydrogen (secondary N) is 1. The Kier molecular flexibility index (Phi) is 6.38. The SMILES string of the molecule is CN1CCc2c(cccc2Oc2cccc(NS(=O)(=O)CCCC(F)(F)F)c2)C1. The van der Waals surface area contributed by atoms with Gasteiger partial charge in [-0.3, -0.25) is 4.72 Å². The van der Waals surface area contributed by atoms with E-state index in [1.807, 2.05) is 12.1 Å². The van der Waals surface area contributed by atoms with Gasteiger partial charge >= 0.3 is 6.18 Å². The first kappa shape index (κ1) is 21.4. The van der Waals surface area contributed by atoms with Crippen LogP contribution in [0.4, 0.5) is 18.9 Å². The number of fused-ring (bicyclic) bond motifs is 1. The van der Waals surface area contributed by atoms with E-state index in [-0.39, 0.29) is 5.69 Å². The van der Waals surface area contributed by atoms with Gasteiger partial charge in [-0.15, -0.1) is 0 Å². The van der Waals surface area contributed by atoms with Gasteiger partial charge < -0.3 is 9.64 Å². The van der Waals surface area contributed by atoms with Gasteiger partial charge in [-0.05, 0) is 43.7 Å². The molecular weight excluding hydrogens is 405 g/mol. The first-order valence-corrected chi connectivity index (χ1v) is 10.9. The molecule has 0 aromatic heterocycles. The molecule has 1 heterocycles. The van der Waals surface area contributed by atoms with E-state index in [2.05, 4.69) is 22.7 Å². The highest BCUT2D eigenvalue weighted by atomic mass is 32.2. The van der Waals surface area contributed by atoms with E-state index < -0.39 is 34.8 Å². The first-order valence-electron chi connectivity index (χ1n) is 9.26. The molecule has 0 aliphatic carbocycles. The van der Waals surface area contributed by atoms with Gasteiger partial charge in [0.15, 0.2) is 0 Å². The summed E-state index contributed by atoms with van der Waals surface area (Å²) in [4.78, 5) is 2.22. The summed E-state index contributed by atoms with van der Waals surface area (Å²) < 4.78 is 69.1. The Labute approximate surface area is 168 Å². The van der Waals surface area contributed by atoms with Crippen molar-refractivity contribution in [2.45, 2.75) is 32.0 Å². The summed E-state index contributed by atoms with van der Waals surface area (Å²) >= 11 is 0. The number of halogens is 3. The minimum Gasteiger partial charge on any atom is -0.457 e. The molecule has 1 N–H and O–H groups in total. The van der Waals surface area contributed by atoms with E-state index in [4.69, 9.17) is 4.74 Å². The summed E-state index contributed by atoms with van der Waals surface area (Å²) in [6, 6.07) is 12.2. The van der Waals surface area contributed by atoms with Crippen molar-refractivity contribution in [2.24, 2.45) is 0 Å². The zero-order valence-electron chi connectivity index (χ0n) is 16.0. The molecule has 0 unspecified atom stereocenters. The maximum atomic E-state index is 12.2. The Bertz CT molecular complexity index is 962. The number of hydrogen-bond acceptors (Lipinski definition) is 4. The summed E-state index contributed by atoms with van der Waals surface area (Å²) in [5.74, 6) is 0.575. The second-order valence-electron chi connectivity index (χ2n) is 7.15. The van der Waals surface area contributed by atoms with Crippen LogP contribution >= 0.6 is 0 Å². The van der Waals surface area contributed by atoms with E-state index in [0.29, 0.717) is 5.75 Å². The van der Waals surface area contributed by atoms with Crippen molar-refractivity contribution in [3.05, 3.63) is 53.6 Å². The van der Waals surface area contributed by atoms with Crippen molar-refractivity contribution in [1.82, 2.24) is 4.90 Å². The number of ether oxygens (including phenoxy) is 1. The van der Waals surface area contributed by atoms with Crippen LogP contribution in [0.25, 0.3) is 0 Å². The molecule has 0 radical (unpaired) electrons. The number of anilines is 1. The predicted octanol–water partition coefficient (Wildman–Crippen LogP) is 4.55. The van der Waals surface area contributed by atoms with Crippen LogP contribution in [0.15, 0.2) is 42.5 Å². The fourth-order valence-corrected chi connectivity index (χ4v) is 4.37. The zero-order chi connectivity index (χ0) is 21.1. The highest BCUT2D eigenvalue weighted by molar-refractivity contribution is 7.92. The van der Waals surface area contributed by atoms with Gasteiger partial charge in [0.25, 0.3) is 0 Å². The van der Waals surface area contributed by atoms with Crippen molar-refractivity contribution in [2.75, 3.05) is 24.1 Å². The lowest BCUT2D eigenvalue weighted by atomic mass is 9.99. The Hall–Kier alpha value is -2.26. The molecule has 158 valence electrons. The Morgan fingerprint density at radius 3 is 2.69 bits per heavy atom. The Morgan fingerprint density at radius 1 is 1.17 bits per heavy atom. The quantitative estimate of drug-likeness (QED) is 0.703. The second-order valence-corrected chi connectivity index (χ2v) is 8.99. The zero-order valence-corrected chi connectivity index (χ0v) is 16.8. The van der Waals surface area contributed by atoms with Crippen LogP contribution in [-0.4, -0.2) is 38.8 Å². The maximum absolute atomic E-state index is 12.2.